The van der Waals surface area contributed by atoms with Crippen LogP contribution in [0.3, 0.4) is 0 Å². The maximum atomic E-state index is 5.37. The quantitative estimate of drug-likeness (QED) is 0.663. The summed E-state index contributed by atoms with van der Waals surface area (Å²) in [5.41, 5.74) is 7.69. The maximum Gasteiger partial charge on any atom is 0.0234 e. The lowest BCUT2D eigenvalue weighted by molar-refractivity contribution is 0.200. The number of hydrogen-bond acceptors (Lipinski definition) is 2. The van der Waals surface area contributed by atoms with Crippen molar-refractivity contribution in [2.45, 2.75) is 13.3 Å². The zero-order valence-electron chi connectivity index (χ0n) is 8.29. The van der Waals surface area contributed by atoms with E-state index >= 15 is 0 Å². The summed E-state index contributed by atoms with van der Waals surface area (Å²) in [5, 5.41) is 0. The Morgan fingerprint density at radius 2 is 2.23 bits per heavy atom. The van der Waals surface area contributed by atoms with Gasteiger partial charge in [-0.1, -0.05) is 18.2 Å². The van der Waals surface area contributed by atoms with Crippen LogP contribution in [0.4, 0.5) is 0 Å². The largest absolute Gasteiger partial charge is 0.405 e. The van der Waals surface area contributed by atoms with E-state index in [-0.39, 0.29) is 0 Å². The molecule has 0 amide bonds. The molecular formula is C11H18N2. The Bertz CT molecular complexity index is 234. The number of hydrogen-bond donors (Lipinski definition) is 1. The van der Waals surface area contributed by atoms with Gasteiger partial charge in [0.15, 0.2) is 0 Å². The molecule has 0 unspecified atom stereocenters. The van der Waals surface area contributed by atoms with E-state index in [1.54, 1.807) is 6.20 Å². The SMILES string of the molecule is C=C(C)/C=C(\C=C/N)CN1CCC1. The molecule has 0 aromatic rings. The van der Waals surface area contributed by atoms with Gasteiger partial charge in [0, 0.05) is 6.54 Å². The van der Waals surface area contributed by atoms with E-state index in [9.17, 15) is 0 Å². The molecule has 0 atom stereocenters. The molecule has 0 bridgehead atoms. The minimum Gasteiger partial charge on any atom is -0.405 e. The van der Waals surface area contributed by atoms with E-state index in [4.69, 9.17) is 5.73 Å². The molecule has 1 aliphatic heterocycles. The summed E-state index contributed by atoms with van der Waals surface area (Å²) < 4.78 is 0. The first-order valence-electron chi connectivity index (χ1n) is 4.69. The Morgan fingerprint density at radius 3 is 2.62 bits per heavy atom. The van der Waals surface area contributed by atoms with Gasteiger partial charge >= 0.3 is 0 Å². The Hall–Kier alpha value is -1.02. The smallest absolute Gasteiger partial charge is 0.0234 e. The Balaban J connectivity index is 2.50. The van der Waals surface area contributed by atoms with Crippen LogP contribution in [0, 0.1) is 0 Å². The lowest BCUT2D eigenvalue weighted by Crippen LogP contribution is -2.38. The van der Waals surface area contributed by atoms with Crippen LogP contribution in [0.25, 0.3) is 0 Å². The molecule has 1 saturated heterocycles. The van der Waals surface area contributed by atoms with Crippen LogP contribution in [-0.4, -0.2) is 24.5 Å². The molecule has 1 heterocycles. The lowest BCUT2D eigenvalue weighted by atomic mass is 10.1. The minimum atomic E-state index is 1.00. The zero-order chi connectivity index (χ0) is 9.68. The van der Waals surface area contributed by atoms with Crippen LogP contribution in [0.1, 0.15) is 13.3 Å². The topological polar surface area (TPSA) is 29.3 Å². The summed E-state index contributed by atoms with van der Waals surface area (Å²) in [7, 11) is 0. The molecule has 13 heavy (non-hydrogen) atoms. The van der Waals surface area contributed by atoms with Crippen LogP contribution in [0.2, 0.25) is 0 Å². The summed E-state index contributed by atoms with van der Waals surface area (Å²) in [4.78, 5) is 2.40. The molecule has 0 aliphatic carbocycles. The Labute approximate surface area is 80.4 Å². The van der Waals surface area contributed by atoms with Gasteiger partial charge in [0.05, 0.1) is 0 Å². The van der Waals surface area contributed by atoms with Crippen molar-refractivity contribution in [3.8, 4) is 0 Å². The highest BCUT2D eigenvalue weighted by Gasteiger charge is 2.13. The van der Waals surface area contributed by atoms with Crippen LogP contribution < -0.4 is 5.73 Å². The van der Waals surface area contributed by atoms with Crippen LogP contribution in [-0.2, 0) is 0 Å². The molecular weight excluding hydrogens is 160 g/mol. The average Bonchev–Trinajstić information content (AvgIpc) is 1.96. The van der Waals surface area contributed by atoms with E-state index in [2.05, 4.69) is 17.6 Å². The average molecular weight is 178 g/mol. The molecule has 0 radical (unpaired) electrons. The first kappa shape index (κ1) is 10.1. The normalized spacial score (nSPS) is 19.0. The summed E-state index contributed by atoms with van der Waals surface area (Å²) in [6.45, 7) is 9.29. The van der Waals surface area contributed by atoms with Gasteiger partial charge in [-0.25, -0.2) is 0 Å². The number of nitrogens with two attached hydrogens (primary N) is 1. The first-order chi connectivity index (χ1) is 6.22. The van der Waals surface area contributed by atoms with Gasteiger partial charge in [0.1, 0.15) is 0 Å². The van der Waals surface area contributed by atoms with Crippen LogP contribution in [0.15, 0.2) is 36.1 Å². The van der Waals surface area contributed by atoms with Gasteiger partial charge in [0.2, 0.25) is 0 Å². The fraction of sp³-hybridized carbons (Fsp3) is 0.455. The molecule has 0 aromatic carbocycles. The second-order valence-electron chi connectivity index (χ2n) is 3.55. The number of allylic oxidation sites excluding steroid dienone is 2. The molecule has 2 heteroatoms. The maximum absolute atomic E-state index is 5.37. The van der Waals surface area contributed by atoms with Gasteiger partial charge in [-0.15, -0.1) is 0 Å². The fourth-order valence-electron chi connectivity index (χ4n) is 1.38. The third-order valence-corrected chi connectivity index (χ3v) is 2.10. The molecule has 0 saturated carbocycles. The molecule has 1 rings (SSSR count). The van der Waals surface area contributed by atoms with Crippen molar-refractivity contribution in [2.24, 2.45) is 5.73 Å². The monoisotopic (exact) mass is 178 g/mol. The van der Waals surface area contributed by atoms with Crippen molar-refractivity contribution in [3.05, 3.63) is 36.1 Å². The van der Waals surface area contributed by atoms with Crippen molar-refractivity contribution < 1.29 is 0 Å². The molecule has 0 aromatic heterocycles. The number of nitrogens with zero attached hydrogens (tertiary/aromatic N) is 1. The van der Waals surface area contributed by atoms with Gasteiger partial charge in [-0.05, 0) is 44.3 Å². The second-order valence-corrected chi connectivity index (χ2v) is 3.55. The Morgan fingerprint density at radius 1 is 1.54 bits per heavy atom. The van der Waals surface area contributed by atoms with E-state index in [0.717, 1.165) is 12.1 Å². The first-order valence-corrected chi connectivity index (χ1v) is 4.69. The summed E-state index contributed by atoms with van der Waals surface area (Å²) in [6, 6.07) is 0. The highest BCUT2D eigenvalue weighted by molar-refractivity contribution is 5.28. The van der Waals surface area contributed by atoms with E-state index in [1.165, 1.54) is 25.1 Å². The minimum absolute atomic E-state index is 1.00. The molecule has 2 nitrogen and oxygen atoms in total. The summed E-state index contributed by atoms with van der Waals surface area (Å²) >= 11 is 0. The van der Waals surface area contributed by atoms with E-state index < -0.39 is 0 Å². The highest BCUT2D eigenvalue weighted by Crippen LogP contribution is 2.11. The third kappa shape index (κ3) is 3.47. The van der Waals surface area contributed by atoms with E-state index in [0.29, 0.717) is 0 Å². The van der Waals surface area contributed by atoms with E-state index in [1.807, 2.05) is 13.0 Å². The molecule has 2 N–H and O–H groups in total. The summed E-state index contributed by atoms with van der Waals surface area (Å²) in [6.07, 6.45) is 6.95. The molecule has 0 spiro atoms. The lowest BCUT2D eigenvalue weighted by Gasteiger charge is -2.31. The summed E-state index contributed by atoms with van der Waals surface area (Å²) in [5.74, 6) is 0. The van der Waals surface area contributed by atoms with Crippen molar-refractivity contribution >= 4 is 0 Å². The van der Waals surface area contributed by atoms with Crippen LogP contribution in [0.5, 0.6) is 0 Å². The van der Waals surface area contributed by atoms with Gasteiger partial charge < -0.3 is 5.73 Å². The standard InChI is InChI=1S/C11H18N2/c1-10(2)8-11(4-5-12)9-13-6-3-7-13/h4-5,8H,1,3,6-7,9,12H2,2H3/b5-4-,11-8+. The number of likely N-dealkylation sites (tertiary alicyclic amines) is 1. The van der Waals surface area contributed by atoms with Gasteiger partial charge in [-0.2, -0.15) is 0 Å². The molecule has 72 valence electrons. The highest BCUT2D eigenvalue weighted by atomic mass is 15.2. The van der Waals surface area contributed by atoms with Crippen molar-refractivity contribution in [1.82, 2.24) is 4.90 Å². The van der Waals surface area contributed by atoms with Gasteiger partial charge in [-0.3, -0.25) is 4.90 Å². The zero-order valence-corrected chi connectivity index (χ0v) is 8.29. The third-order valence-electron chi connectivity index (χ3n) is 2.10. The Kier molecular flexibility index (Phi) is 3.77. The van der Waals surface area contributed by atoms with Crippen molar-refractivity contribution in [2.75, 3.05) is 19.6 Å². The second kappa shape index (κ2) is 4.87. The fourth-order valence-corrected chi connectivity index (χ4v) is 1.38. The molecule has 1 aliphatic rings. The van der Waals surface area contributed by atoms with Gasteiger partial charge in [0.25, 0.3) is 0 Å². The molecule has 1 fully saturated rings. The van der Waals surface area contributed by atoms with Crippen molar-refractivity contribution in [3.63, 3.8) is 0 Å². The van der Waals surface area contributed by atoms with Crippen LogP contribution >= 0.6 is 0 Å². The number of rotatable bonds is 4. The van der Waals surface area contributed by atoms with Crippen molar-refractivity contribution in [1.29, 1.82) is 0 Å². The predicted octanol–water partition coefficient (Wildman–Crippen LogP) is 1.67. The predicted molar refractivity (Wildman–Crippen MR) is 57.3 cm³/mol.